The molecule has 0 spiro atoms. The first kappa shape index (κ1) is 8.99. The molecular weight excluding hydrogens is 275 g/mol. The normalized spacial score (nSPS) is 10.0. The number of carboxylic acids is 1. The number of halogens is 1. The van der Waals surface area contributed by atoms with Crippen LogP contribution in [-0.2, 0) is 6.42 Å². The zero-order chi connectivity index (χ0) is 8.43. The van der Waals surface area contributed by atoms with Crippen LogP contribution in [0.15, 0.2) is 6.07 Å². The maximum Gasteiger partial charge on any atom is 0.0818 e. The van der Waals surface area contributed by atoms with Gasteiger partial charge in [0.25, 0.3) is 0 Å². The number of aromatic carboxylic acids is 1. The maximum atomic E-state index is 10.5. The van der Waals surface area contributed by atoms with Gasteiger partial charge in [-0.1, -0.05) is 6.92 Å². The lowest BCUT2D eigenvalue weighted by Crippen LogP contribution is -2.22. The molecule has 0 saturated carbocycles. The van der Waals surface area contributed by atoms with Gasteiger partial charge in [-0.05, 0) is 40.6 Å². The van der Waals surface area contributed by atoms with Gasteiger partial charge in [-0.3, -0.25) is 0 Å². The van der Waals surface area contributed by atoms with Crippen LogP contribution in [0.5, 0.6) is 0 Å². The van der Waals surface area contributed by atoms with E-state index in [1.54, 1.807) is 0 Å². The summed E-state index contributed by atoms with van der Waals surface area (Å²) in [6.07, 6.45) is 0.753. The molecule has 0 unspecified atom stereocenters. The second-order valence-electron chi connectivity index (χ2n) is 2.05. The van der Waals surface area contributed by atoms with Crippen LogP contribution in [0.4, 0.5) is 0 Å². The van der Waals surface area contributed by atoms with E-state index in [4.69, 9.17) is 0 Å². The molecule has 11 heavy (non-hydrogen) atoms. The maximum absolute atomic E-state index is 10.5. The average Bonchev–Trinajstić information content (AvgIpc) is 2.30. The van der Waals surface area contributed by atoms with Crippen LogP contribution in [0.1, 0.15) is 22.2 Å². The summed E-state index contributed by atoms with van der Waals surface area (Å²) in [6, 6.07) is 1.89. The minimum atomic E-state index is -1.06. The summed E-state index contributed by atoms with van der Waals surface area (Å²) in [6.45, 7) is 1.94. The third-order valence-electron chi connectivity index (χ3n) is 1.35. The summed E-state index contributed by atoms with van der Waals surface area (Å²) < 4.78 is 0.999. The Balaban J connectivity index is 3.12. The molecular formula is C7H6IO2S-. The van der Waals surface area contributed by atoms with Crippen LogP contribution in [0.3, 0.4) is 0 Å². The lowest BCUT2D eigenvalue weighted by molar-refractivity contribution is -0.254. The van der Waals surface area contributed by atoms with E-state index in [0.717, 1.165) is 14.9 Å². The van der Waals surface area contributed by atoms with Crippen molar-refractivity contribution in [3.63, 3.8) is 0 Å². The van der Waals surface area contributed by atoms with E-state index < -0.39 is 5.97 Å². The van der Waals surface area contributed by atoms with Crippen molar-refractivity contribution in [1.82, 2.24) is 0 Å². The minimum Gasteiger partial charge on any atom is -0.544 e. The molecule has 1 aromatic rings. The monoisotopic (exact) mass is 281 g/mol. The largest absolute Gasteiger partial charge is 0.544 e. The third kappa shape index (κ3) is 1.93. The predicted octanol–water partition coefficient (Wildman–Crippen LogP) is 1.28. The Morgan fingerprint density at radius 3 is 2.82 bits per heavy atom. The van der Waals surface area contributed by atoms with Gasteiger partial charge in [0, 0.05) is 0 Å². The highest BCUT2D eigenvalue weighted by Crippen LogP contribution is 2.23. The van der Waals surface area contributed by atoms with Gasteiger partial charge in [0.1, 0.15) is 0 Å². The molecule has 0 fully saturated rings. The highest BCUT2D eigenvalue weighted by atomic mass is 127. The second kappa shape index (κ2) is 3.53. The van der Waals surface area contributed by atoms with Gasteiger partial charge in [0.15, 0.2) is 0 Å². The number of rotatable bonds is 2. The summed E-state index contributed by atoms with van der Waals surface area (Å²) in [5.41, 5.74) is 0.874. The molecule has 0 aliphatic carbocycles. The number of thiophene rings is 1. The van der Waals surface area contributed by atoms with Crippen molar-refractivity contribution in [2.75, 3.05) is 0 Å². The molecule has 0 aromatic carbocycles. The number of hydrogen-bond acceptors (Lipinski definition) is 3. The van der Waals surface area contributed by atoms with Crippen molar-refractivity contribution in [2.24, 2.45) is 0 Å². The lowest BCUT2D eigenvalue weighted by Gasteiger charge is -1.99. The van der Waals surface area contributed by atoms with Crippen molar-refractivity contribution >= 4 is 39.9 Å². The molecule has 0 saturated heterocycles. The predicted molar refractivity (Wildman–Crippen MR) is 50.7 cm³/mol. The van der Waals surface area contributed by atoms with Crippen molar-refractivity contribution in [1.29, 1.82) is 0 Å². The van der Waals surface area contributed by atoms with Gasteiger partial charge < -0.3 is 9.90 Å². The van der Waals surface area contributed by atoms with Crippen molar-refractivity contribution < 1.29 is 9.90 Å². The topological polar surface area (TPSA) is 40.1 Å². The number of carbonyl (C=O) groups excluding carboxylic acids is 1. The Labute approximate surface area is 82.4 Å². The Kier molecular flexibility index (Phi) is 2.89. The fourth-order valence-electron chi connectivity index (χ4n) is 0.830. The summed E-state index contributed by atoms with van der Waals surface area (Å²) in [5.74, 6) is -1.06. The van der Waals surface area contributed by atoms with Gasteiger partial charge in [0.05, 0.1) is 13.7 Å². The van der Waals surface area contributed by atoms with E-state index in [0.29, 0.717) is 4.88 Å². The van der Waals surface area contributed by atoms with Crippen LogP contribution in [0, 0.1) is 2.88 Å². The van der Waals surface area contributed by atoms with E-state index in [2.05, 4.69) is 22.6 Å². The Morgan fingerprint density at radius 1 is 1.82 bits per heavy atom. The number of carboxylic acid groups (broad SMARTS) is 1. The molecule has 1 rings (SSSR count). The Hall–Kier alpha value is -0.100. The average molecular weight is 281 g/mol. The summed E-state index contributed by atoms with van der Waals surface area (Å²) >= 11 is 3.38. The van der Waals surface area contributed by atoms with Gasteiger partial charge in [-0.2, -0.15) is 0 Å². The molecule has 0 aliphatic rings. The number of carbonyl (C=O) groups is 1. The van der Waals surface area contributed by atoms with E-state index in [1.165, 1.54) is 11.3 Å². The van der Waals surface area contributed by atoms with Crippen molar-refractivity contribution in [3.05, 3.63) is 19.4 Å². The first-order chi connectivity index (χ1) is 5.15. The van der Waals surface area contributed by atoms with Crippen LogP contribution in [0.2, 0.25) is 0 Å². The molecule has 0 aliphatic heterocycles. The highest BCUT2D eigenvalue weighted by Gasteiger charge is 2.05. The number of aryl methyl sites for hydroxylation is 1. The van der Waals surface area contributed by atoms with Crippen molar-refractivity contribution in [3.8, 4) is 0 Å². The molecule has 0 bridgehead atoms. The van der Waals surface area contributed by atoms with E-state index in [9.17, 15) is 9.90 Å². The Morgan fingerprint density at radius 2 is 2.45 bits per heavy atom. The first-order valence-corrected chi connectivity index (χ1v) is 5.04. The number of hydrogen-bond donors (Lipinski definition) is 0. The molecule has 60 valence electrons. The van der Waals surface area contributed by atoms with E-state index in [-0.39, 0.29) is 0 Å². The zero-order valence-corrected chi connectivity index (χ0v) is 8.86. The van der Waals surface area contributed by atoms with Crippen LogP contribution < -0.4 is 5.11 Å². The Bertz CT molecular complexity index is 280. The zero-order valence-electron chi connectivity index (χ0n) is 5.89. The molecule has 1 aromatic heterocycles. The fraction of sp³-hybridized carbons (Fsp3) is 0.286. The third-order valence-corrected chi connectivity index (χ3v) is 3.26. The SMILES string of the molecule is CCc1cc(I)sc1C(=O)[O-]. The van der Waals surface area contributed by atoms with E-state index in [1.807, 2.05) is 13.0 Å². The summed E-state index contributed by atoms with van der Waals surface area (Å²) in [5, 5.41) is 10.5. The van der Waals surface area contributed by atoms with Gasteiger partial charge in [0.2, 0.25) is 0 Å². The van der Waals surface area contributed by atoms with Crippen LogP contribution >= 0.6 is 33.9 Å². The van der Waals surface area contributed by atoms with Crippen molar-refractivity contribution in [2.45, 2.75) is 13.3 Å². The fourth-order valence-corrected chi connectivity index (χ4v) is 2.68. The summed E-state index contributed by atoms with van der Waals surface area (Å²) in [4.78, 5) is 10.9. The molecule has 0 N–H and O–H groups in total. The summed E-state index contributed by atoms with van der Waals surface area (Å²) in [7, 11) is 0. The quantitative estimate of drug-likeness (QED) is 0.766. The van der Waals surface area contributed by atoms with Gasteiger partial charge in [-0.15, -0.1) is 11.3 Å². The molecule has 4 heteroatoms. The van der Waals surface area contributed by atoms with Gasteiger partial charge in [-0.25, -0.2) is 0 Å². The van der Waals surface area contributed by atoms with Gasteiger partial charge >= 0.3 is 0 Å². The van der Waals surface area contributed by atoms with E-state index >= 15 is 0 Å². The highest BCUT2D eigenvalue weighted by molar-refractivity contribution is 14.1. The molecule has 0 amide bonds. The molecule has 1 heterocycles. The standard InChI is InChI=1S/C7H7IO2S/c1-2-4-3-5(8)11-6(4)7(9)10/h3H,2H2,1H3,(H,9,10)/p-1. The van der Waals surface area contributed by atoms with Crippen LogP contribution in [-0.4, -0.2) is 5.97 Å². The molecule has 2 nitrogen and oxygen atoms in total. The molecule has 0 atom stereocenters. The molecule has 0 radical (unpaired) electrons. The first-order valence-electron chi connectivity index (χ1n) is 3.14. The lowest BCUT2D eigenvalue weighted by atomic mass is 10.2. The minimum absolute atomic E-state index is 0.372. The van der Waals surface area contributed by atoms with Crippen LogP contribution in [0.25, 0.3) is 0 Å². The second-order valence-corrected chi connectivity index (χ2v) is 4.99. The smallest absolute Gasteiger partial charge is 0.0818 e.